The molecular weight excluding hydrogens is 234 g/mol. The molecule has 0 spiro atoms. The van der Waals surface area contributed by atoms with Crippen LogP contribution < -0.4 is 10.1 Å². The Hall–Kier alpha value is -1.62. The van der Waals surface area contributed by atoms with Crippen LogP contribution in [-0.2, 0) is 0 Å². The molecule has 2 aromatic rings. The van der Waals surface area contributed by atoms with E-state index >= 15 is 0 Å². The molecular formula is C12H15N3OS. The van der Waals surface area contributed by atoms with Crippen LogP contribution in [0.15, 0.2) is 12.1 Å². The molecule has 0 amide bonds. The van der Waals surface area contributed by atoms with Gasteiger partial charge in [-0.15, -0.1) is 10.2 Å². The highest BCUT2D eigenvalue weighted by molar-refractivity contribution is 7.18. The van der Waals surface area contributed by atoms with Gasteiger partial charge in [0.25, 0.3) is 0 Å². The third-order valence-electron chi connectivity index (χ3n) is 2.52. The first-order valence-corrected chi connectivity index (χ1v) is 6.14. The van der Waals surface area contributed by atoms with Gasteiger partial charge in [-0.25, -0.2) is 0 Å². The molecule has 1 heterocycles. The molecule has 1 aromatic carbocycles. The summed E-state index contributed by atoms with van der Waals surface area (Å²) in [5, 5.41) is 12.9. The first-order chi connectivity index (χ1) is 8.15. The standard InChI is InChI=1S/C12H15N3OS/c1-7-5-8(2)10(9(6-7)16-4)11-14-15-12(13-3)17-11/h5-6H,1-4H3,(H,13,15). The van der Waals surface area contributed by atoms with Crippen molar-refractivity contribution >= 4 is 16.5 Å². The minimum Gasteiger partial charge on any atom is -0.496 e. The Morgan fingerprint density at radius 3 is 2.59 bits per heavy atom. The third kappa shape index (κ3) is 2.24. The topological polar surface area (TPSA) is 47.0 Å². The maximum atomic E-state index is 5.42. The van der Waals surface area contributed by atoms with E-state index in [-0.39, 0.29) is 0 Å². The average molecular weight is 249 g/mol. The molecule has 0 aliphatic rings. The summed E-state index contributed by atoms with van der Waals surface area (Å²) in [4.78, 5) is 0. The molecule has 17 heavy (non-hydrogen) atoms. The highest BCUT2D eigenvalue weighted by atomic mass is 32.1. The zero-order chi connectivity index (χ0) is 12.4. The molecule has 0 radical (unpaired) electrons. The second-order valence-corrected chi connectivity index (χ2v) is 4.80. The predicted octanol–water partition coefficient (Wildman–Crippen LogP) is 2.87. The number of aryl methyl sites for hydroxylation is 2. The van der Waals surface area contributed by atoms with Crippen LogP contribution in [0.3, 0.4) is 0 Å². The monoisotopic (exact) mass is 249 g/mol. The lowest BCUT2D eigenvalue weighted by atomic mass is 10.0. The maximum Gasteiger partial charge on any atom is 0.205 e. The number of methoxy groups -OCH3 is 1. The highest BCUT2D eigenvalue weighted by Gasteiger charge is 2.14. The van der Waals surface area contributed by atoms with Crippen molar-refractivity contribution in [1.29, 1.82) is 0 Å². The van der Waals surface area contributed by atoms with Crippen LogP contribution >= 0.6 is 11.3 Å². The predicted molar refractivity (Wildman–Crippen MR) is 70.9 cm³/mol. The Labute approximate surface area is 105 Å². The van der Waals surface area contributed by atoms with Crippen molar-refractivity contribution in [3.63, 3.8) is 0 Å². The van der Waals surface area contributed by atoms with Crippen molar-refractivity contribution in [2.45, 2.75) is 13.8 Å². The summed E-state index contributed by atoms with van der Waals surface area (Å²) in [5.41, 5.74) is 3.36. The number of nitrogens with zero attached hydrogens (tertiary/aromatic N) is 2. The molecule has 0 saturated carbocycles. The fourth-order valence-corrected chi connectivity index (χ4v) is 2.60. The van der Waals surface area contributed by atoms with Crippen LogP contribution in [0.1, 0.15) is 11.1 Å². The van der Waals surface area contributed by atoms with Gasteiger partial charge < -0.3 is 10.1 Å². The van der Waals surface area contributed by atoms with Gasteiger partial charge in [0.2, 0.25) is 5.13 Å². The van der Waals surface area contributed by atoms with Crippen LogP contribution in [0.2, 0.25) is 0 Å². The van der Waals surface area contributed by atoms with E-state index in [9.17, 15) is 0 Å². The first-order valence-electron chi connectivity index (χ1n) is 5.32. The lowest BCUT2D eigenvalue weighted by molar-refractivity contribution is 0.416. The number of nitrogens with one attached hydrogen (secondary N) is 1. The number of rotatable bonds is 3. The molecule has 0 unspecified atom stereocenters. The SMILES string of the molecule is CNc1nnc(-c2c(C)cc(C)cc2OC)s1. The Morgan fingerprint density at radius 1 is 1.24 bits per heavy atom. The smallest absolute Gasteiger partial charge is 0.205 e. The average Bonchev–Trinajstić information content (AvgIpc) is 2.76. The molecule has 0 saturated heterocycles. The van der Waals surface area contributed by atoms with E-state index in [1.807, 2.05) is 13.1 Å². The molecule has 0 atom stereocenters. The van der Waals surface area contributed by atoms with Crippen molar-refractivity contribution in [1.82, 2.24) is 10.2 Å². The van der Waals surface area contributed by atoms with Crippen LogP contribution in [0.25, 0.3) is 10.6 Å². The lowest BCUT2D eigenvalue weighted by Gasteiger charge is -2.10. The number of hydrogen-bond donors (Lipinski definition) is 1. The van der Waals surface area contributed by atoms with Crippen LogP contribution in [-0.4, -0.2) is 24.4 Å². The number of benzene rings is 1. The van der Waals surface area contributed by atoms with Crippen LogP contribution in [0, 0.1) is 13.8 Å². The van der Waals surface area contributed by atoms with Crippen molar-refractivity contribution in [2.75, 3.05) is 19.5 Å². The van der Waals surface area contributed by atoms with Crippen molar-refractivity contribution in [2.24, 2.45) is 0 Å². The van der Waals surface area contributed by atoms with E-state index in [1.54, 1.807) is 7.11 Å². The van der Waals surface area contributed by atoms with Gasteiger partial charge in [-0.2, -0.15) is 0 Å². The maximum absolute atomic E-state index is 5.42. The number of ether oxygens (including phenoxy) is 1. The Kier molecular flexibility index (Phi) is 3.28. The van der Waals surface area contributed by atoms with Gasteiger partial charge in [-0.3, -0.25) is 0 Å². The van der Waals surface area contributed by atoms with Crippen LogP contribution in [0.4, 0.5) is 5.13 Å². The summed E-state index contributed by atoms with van der Waals surface area (Å²) < 4.78 is 5.42. The van der Waals surface area contributed by atoms with Crippen molar-refractivity contribution in [3.05, 3.63) is 23.3 Å². The third-order valence-corrected chi connectivity index (χ3v) is 3.47. The molecule has 5 heteroatoms. The van der Waals surface area contributed by atoms with Gasteiger partial charge in [-0.1, -0.05) is 17.4 Å². The summed E-state index contributed by atoms with van der Waals surface area (Å²) in [6.45, 7) is 4.11. The van der Waals surface area contributed by atoms with Crippen molar-refractivity contribution in [3.8, 4) is 16.3 Å². The first kappa shape index (κ1) is 11.9. The lowest BCUT2D eigenvalue weighted by Crippen LogP contribution is -1.92. The fraction of sp³-hybridized carbons (Fsp3) is 0.333. The summed E-state index contributed by atoms with van der Waals surface area (Å²) in [6, 6.07) is 4.14. The minimum absolute atomic E-state index is 0.807. The Morgan fingerprint density at radius 2 is 2.00 bits per heavy atom. The zero-order valence-electron chi connectivity index (χ0n) is 10.4. The fourth-order valence-electron chi connectivity index (χ4n) is 1.79. The molecule has 1 N–H and O–H groups in total. The quantitative estimate of drug-likeness (QED) is 0.908. The van der Waals surface area contributed by atoms with E-state index in [2.05, 4.69) is 35.4 Å². The minimum atomic E-state index is 0.807. The molecule has 4 nitrogen and oxygen atoms in total. The van der Waals surface area contributed by atoms with Gasteiger partial charge in [0.05, 0.1) is 12.7 Å². The molecule has 0 fully saturated rings. The van der Waals surface area contributed by atoms with E-state index in [4.69, 9.17) is 4.74 Å². The summed E-state index contributed by atoms with van der Waals surface area (Å²) in [7, 11) is 3.52. The largest absolute Gasteiger partial charge is 0.496 e. The van der Waals surface area contributed by atoms with Crippen LogP contribution in [0.5, 0.6) is 5.75 Å². The molecule has 0 bridgehead atoms. The van der Waals surface area contributed by atoms with Gasteiger partial charge >= 0.3 is 0 Å². The molecule has 1 aromatic heterocycles. The Balaban J connectivity index is 2.57. The van der Waals surface area contributed by atoms with E-state index in [1.165, 1.54) is 16.9 Å². The van der Waals surface area contributed by atoms with E-state index in [0.717, 1.165) is 27.0 Å². The number of aromatic nitrogens is 2. The van der Waals surface area contributed by atoms with Gasteiger partial charge in [0.1, 0.15) is 5.75 Å². The highest BCUT2D eigenvalue weighted by Crippen LogP contribution is 2.36. The van der Waals surface area contributed by atoms with Gasteiger partial charge in [-0.05, 0) is 31.0 Å². The Bertz CT molecular complexity index is 537. The summed E-state index contributed by atoms with van der Waals surface area (Å²) >= 11 is 1.52. The number of hydrogen-bond acceptors (Lipinski definition) is 5. The number of anilines is 1. The molecule has 90 valence electrons. The van der Waals surface area contributed by atoms with E-state index in [0.29, 0.717) is 0 Å². The summed E-state index contributed by atoms with van der Waals surface area (Å²) in [6.07, 6.45) is 0. The molecule has 0 aliphatic carbocycles. The second kappa shape index (κ2) is 4.71. The zero-order valence-corrected chi connectivity index (χ0v) is 11.2. The normalized spacial score (nSPS) is 10.4. The molecule has 0 aliphatic heterocycles. The van der Waals surface area contributed by atoms with Gasteiger partial charge in [0, 0.05) is 7.05 Å². The van der Waals surface area contributed by atoms with E-state index < -0.39 is 0 Å². The van der Waals surface area contributed by atoms with Gasteiger partial charge in [0.15, 0.2) is 5.01 Å². The van der Waals surface area contributed by atoms with Crippen molar-refractivity contribution < 1.29 is 4.74 Å². The molecule has 2 rings (SSSR count). The summed E-state index contributed by atoms with van der Waals surface area (Å²) in [5.74, 6) is 0.848. The second-order valence-electron chi connectivity index (χ2n) is 3.82.